The molecule has 0 aliphatic carbocycles. The molecule has 3 rings (SSSR count). The van der Waals surface area contributed by atoms with Crippen molar-refractivity contribution in [2.75, 3.05) is 18.9 Å². The van der Waals surface area contributed by atoms with E-state index in [9.17, 15) is 13.2 Å². The molecule has 0 saturated carbocycles. The molecule has 0 atom stereocenters. The number of hydrogen-bond donors (Lipinski definition) is 1. The van der Waals surface area contributed by atoms with E-state index < -0.39 is 16.1 Å². The molecular weight excluding hydrogens is 390 g/mol. The molecule has 0 fully saturated rings. The molecule has 0 radical (unpaired) electrons. The van der Waals surface area contributed by atoms with Crippen LogP contribution in [-0.4, -0.2) is 36.5 Å². The minimum atomic E-state index is -3.92. The van der Waals surface area contributed by atoms with Crippen LogP contribution in [-0.2, 0) is 28.1 Å². The summed E-state index contributed by atoms with van der Waals surface area (Å²) in [5.74, 6) is 0.0219. The van der Waals surface area contributed by atoms with Crippen LogP contribution in [0.2, 0.25) is 0 Å². The SMILES string of the molecule is CN(Cc1ccccc1)S(=O)(=O)N(CC(=O)Nc1ccccc1)Cc1ccco1. The first-order chi connectivity index (χ1) is 13.9. The van der Waals surface area contributed by atoms with E-state index in [1.54, 1.807) is 36.4 Å². The van der Waals surface area contributed by atoms with Gasteiger partial charge in [-0.2, -0.15) is 17.0 Å². The van der Waals surface area contributed by atoms with Gasteiger partial charge in [0.1, 0.15) is 5.76 Å². The summed E-state index contributed by atoms with van der Waals surface area (Å²) in [6, 6.07) is 21.5. The lowest BCUT2D eigenvalue weighted by molar-refractivity contribution is -0.116. The van der Waals surface area contributed by atoms with Gasteiger partial charge in [0, 0.05) is 19.3 Å². The Balaban J connectivity index is 1.77. The van der Waals surface area contributed by atoms with Gasteiger partial charge < -0.3 is 9.73 Å². The van der Waals surface area contributed by atoms with E-state index >= 15 is 0 Å². The highest BCUT2D eigenvalue weighted by atomic mass is 32.2. The number of furan rings is 1. The molecule has 7 nitrogen and oxygen atoms in total. The van der Waals surface area contributed by atoms with Gasteiger partial charge in [-0.1, -0.05) is 48.5 Å². The fraction of sp³-hybridized carbons (Fsp3) is 0.190. The van der Waals surface area contributed by atoms with Gasteiger partial charge in [-0.15, -0.1) is 0 Å². The molecule has 0 aliphatic rings. The topological polar surface area (TPSA) is 82.9 Å². The molecule has 0 unspecified atom stereocenters. The normalized spacial score (nSPS) is 11.7. The van der Waals surface area contributed by atoms with E-state index in [0.717, 1.165) is 9.87 Å². The first-order valence-corrected chi connectivity index (χ1v) is 10.5. The lowest BCUT2D eigenvalue weighted by Crippen LogP contribution is -2.44. The van der Waals surface area contributed by atoms with Crippen molar-refractivity contribution in [2.45, 2.75) is 13.1 Å². The highest BCUT2D eigenvalue weighted by Crippen LogP contribution is 2.16. The minimum absolute atomic E-state index is 0.0450. The van der Waals surface area contributed by atoms with E-state index in [1.165, 1.54) is 17.6 Å². The van der Waals surface area contributed by atoms with Crippen molar-refractivity contribution in [3.63, 3.8) is 0 Å². The summed E-state index contributed by atoms with van der Waals surface area (Å²) in [4.78, 5) is 12.5. The second kappa shape index (κ2) is 9.51. The largest absolute Gasteiger partial charge is 0.468 e. The Morgan fingerprint density at radius 1 is 0.931 bits per heavy atom. The third kappa shape index (κ3) is 5.77. The van der Waals surface area contributed by atoms with Gasteiger partial charge in [0.2, 0.25) is 5.91 Å². The zero-order valence-electron chi connectivity index (χ0n) is 16.1. The maximum Gasteiger partial charge on any atom is 0.282 e. The fourth-order valence-corrected chi connectivity index (χ4v) is 4.07. The Morgan fingerprint density at radius 2 is 1.59 bits per heavy atom. The first kappa shape index (κ1) is 20.8. The van der Waals surface area contributed by atoms with Crippen molar-refractivity contribution < 1.29 is 17.6 Å². The maximum absolute atomic E-state index is 13.2. The number of rotatable bonds is 9. The lowest BCUT2D eigenvalue weighted by atomic mass is 10.2. The highest BCUT2D eigenvalue weighted by Gasteiger charge is 2.30. The average molecular weight is 413 g/mol. The molecule has 152 valence electrons. The van der Waals surface area contributed by atoms with E-state index in [1.807, 2.05) is 36.4 Å². The maximum atomic E-state index is 13.2. The molecule has 1 amide bonds. The van der Waals surface area contributed by atoms with Gasteiger partial charge in [-0.3, -0.25) is 4.79 Å². The van der Waals surface area contributed by atoms with Gasteiger partial charge >= 0.3 is 0 Å². The average Bonchev–Trinajstić information content (AvgIpc) is 3.22. The molecule has 2 aromatic carbocycles. The molecule has 1 N–H and O–H groups in total. The van der Waals surface area contributed by atoms with Crippen LogP contribution in [0.1, 0.15) is 11.3 Å². The Bertz CT molecular complexity index is 1010. The molecule has 0 aliphatic heterocycles. The Labute approximate surface area is 170 Å². The summed E-state index contributed by atoms with van der Waals surface area (Å²) in [6.45, 7) is -0.189. The third-order valence-electron chi connectivity index (χ3n) is 4.26. The molecular formula is C21H23N3O4S. The lowest BCUT2D eigenvalue weighted by Gasteiger charge is -2.26. The second-order valence-electron chi connectivity index (χ2n) is 6.51. The van der Waals surface area contributed by atoms with Crippen molar-refractivity contribution in [1.29, 1.82) is 0 Å². The van der Waals surface area contributed by atoms with Crippen LogP contribution in [0.3, 0.4) is 0 Å². The summed E-state index contributed by atoms with van der Waals surface area (Å²) in [5, 5.41) is 2.72. The number of benzene rings is 2. The van der Waals surface area contributed by atoms with Crippen molar-refractivity contribution in [3.05, 3.63) is 90.4 Å². The summed E-state index contributed by atoms with van der Waals surface area (Å²) in [5.41, 5.74) is 1.45. The number of anilines is 1. The number of carbonyl (C=O) groups is 1. The fourth-order valence-electron chi connectivity index (χ4n) is 2.80. The molecule has 0 saturated heterocycles. The van der Waals surface area contributed by atoms with E-state index in [4.69, 9.17) is 4.42 Å². The molecule has 0 spiro atoms. The van der Waals surface area contributed by atoms with Gasteiger partial charge in [-0.25, -0.2) is 0 Å². The van der Waals surface area contributed by atoms with Gasteiger partial charge in [0.25, 0.3) is 10.2 Å². The zero-order chi connectivity index (χ0) is 20.7. The van der Waals surface area contributed by atoms with Crippen LogP contribution in [0.5, 0.6) is 0 Å². The number of hydrogen-bond acceptors (Lipinski definition) is 4. The first-order valence-electron chi connectivity index (χ1n) is 9.08. The Kier molecular flexibility index (Phi) is 6.82. The predicted octanol–water partition coefficient (Wildman–Crippen LogP) is 3.10. The quantitative estimate of drug-likeness (QED) is 0.584. The molecule has 29 heavy (non-hydrogen) atoms. The zero-order valence-corrected chi connectivity index (χ0v) is 16.9. The Hall–Kier alpha value is -2.94. The van der Waals surface area contributed by atoms with Crippen molar-refractivity contribution >= 4 is 21.8 Å². The molecule has 3 aromatic rings. The van der Waals surface area contributed by atoms with E-state index in [-0.39, 0.29) is 19.6 Å². The summed E-state index contributed by atoms with van der Waals surface area (Å²) in [7, 11) is -2.42. The van der Waals surface area contributed by atoms with E-state index in [2.05, 4.69) is 5.32 Å². The van der Waals surface area contributed by atoms with Crippen molar-refractivity contribution in [2.24, 2.45) is 0 Å². The minimum Gasteiger partial charge on any atom is -0.468 e. The number of carbonyl (C=O) groups excluding carboxylic acids is 1. The summed E-state index contributed by atoms with van der Waals surface area (Å²) < 4.78 is 34.0. The highest BCUT2D eigenvalue weighted by molar-refractivity contribution is 7.86. The van der Waals surface area contributed by atoms with Crippen LogP contribution in [0.15, 0.2) is 83.5 Å². The van der Waals surface area contributed by atoms with Crippen LogP contribution in [0.4, 0.5) is 5.69 Å². The molecule has 0 bridgehead atoms. The number of amides is 1. The van der Waals surface area contributed by atoms with Crippen LogP contribution < -0.4 is 5.32 Å². The van der Waals surface area contributed by atoms with Gasteiger partial charge in [0.15, 0.2) is 0 Å². The van der Waals surface area contributed by atoms with E-state index in [0.29, 0.717) is 11.4 Å². The van der Waals surface area contributed by atoms with Crippen LogP contribution >= 0.6 is 0 Å². The second-order valence-corrected chi connectivity index (χ2v) is 8.55. The summed E-state index contributed by atoms with van der Waals surface area (Å²) in [6.07, 6.45) is 1.47. The number of nitrogens with zero attached hydrogens (tertiary/aromatic N) is 2. The molecule has 1 aromatic heterocycles. The summed E-state index contributed by atoms with van der Waals surface area (Å²) >= 11 is 0. The molecule has 8 heteroatoms. The van der Waals surface area contributed by atoms with Crippen LogP contribution in [0.25, 0.3) is 0 Å². The Morgan fingerprint density at radius 3 is 2.21 bits per heavy atom. The number of para-hydroxylation sites is 1. The van der Waals surface area contributed by atoms with Gasteiger partial charge in [-0.05, 0) is 29.8 Å². The third-order valence-corrected chi connectivity index (χ3v) is 6.09. The monoisotopic (exact) mass is 413 g/mol. The number of nitrogens with one attached hydrogen (secondary N) is 1. The van der Waals surface area contributed by atoms with Crippen molar-refractivity contribution in [1.82, 2.24) is 8.61 Å². The predicted molar refractivity (Wildman–Crippen MR) is 111 cm³/mol. The standard InChI is InChI=1S/C21H23N3O4S/c1-23(15-18-9-4-2-5-10-18)29(26,27)24(16-20-13-8-14-28-20)17-21(25)22-19-11-6-3-7-12-19/h2-14H,15-17H2,1H3,(H,22,25). The van der Waals surface area contributed by atoms with Crippen molar-refractivity contribution in [3.8, 4) is 0 Å². The van der Waals surface area contributed by atoms with Crippen LogP contribution in [0, 0.1) is 0 Å². The molecule has 1 heterocycles. The smallest absolute Gasteiger partial charge is 0.282 e. The van der Waals surface area contributed by atoms with Gasteiger partial charge in [0.05, 0.1) is 19.4 Å².